The molecule has 0 radical (unpaired) electrons. The van der Waals surface area contributed by atoms with Gasteiger partial charge in [-0.15, -0.1) is 0 Å². The first-order valence-corrected chi connectivity index (χ1v) is 9.57. The van der Waals surface area contributed by atoms with E-state index in [1.54, 1.807) is 0 Å². The van der Waals surface area contributed by atoms with Gasteiger partial charge in [0.25, 0.3) is 5.91 Å². The SMILES string of the molecule is Cc1ccc(-c2nc3ccc(C)cn3c2NC(=O)COCc2ccccc2)cc1. The number of hydrogen-bond donors (Lipinski definition) is 1. The van der Waals surface area contributed by atoms with Crippen molar-refractivity contribution in [2.75, 3.05) is 11.9 Å². The molecule has 5 heteroatoms. The van der Waals surface area contributed by atoms with Crippen LogP contribution in [0.4, 0.5) is 5.82 Å². The van der Waals surface area contributed by atoms with Gasteiger partial charge in [0.15, 0.2) is 0 Å². The lowest BCUT2D eigenvalue weighted by Crippen LogP contribution is -2.19. The number of nitrogens with one attached hydrogen (secondary N) is 1. The van der Waals surface area contributed by atoms with Crippen LogP contribution in [-0.2, 0) is 16.1 Å². The molecule has 0 atom stereocenters. The minimum Gasteiger partial charge on any atom is -0.367 e. The van der Waals surface area contributed by atoms with E-state index in [0.717, 1.165) is 28.0 Å². The number of imidazole rings is 1. The average molecular weight is 385 g/mol. The Labute approximate surface area is 170 Å². The highest BCUT2D eigenvalue weighted by atomic mass is 16.5. The second-order valence-electron chi connectivity index (χ2n) is 7.14. The fraction of sp³-hybridized carbons (Fsp3) is 0.167. The molecule has 0 aliphatic heterocycles. The topological polar surface area (TPSA) is 55.6 Å². The smallest absolute Gasteiger partial charge is 0.251 e. The van der Waals surface area contributed by atoms with Crippen LogP contribution >= 0.6 is 0 Å². The van der Waals surface area contributed by atoms with Crippen LogP contribution in [0.15, 0.2) is 72.9 Å². The monoisotopic (exact) mass is 385 g/mol. The van der Waals surface area contributed by atoms with Crippen molar-refractivity contribution in [3.8, 4) is 11.3 Å². The third-order valence-electron chi connectivity index (χ3n) is 4.69. The second kappa shape index (κ2) is 8.29. The van der Waals surface area contributed by atoms with Crippen LogP contribution in [-0.4, -0.2) is 21.9 Å². The standard InChI is InChI=1S/C24H23N3O2/c1-17-8-11-20(12-9-17)23-24(27-14-18(2)10-13-21(27)25-23)26-22(28)16-29-15-19-6-4-3-5-7-19/h3-14H,15-16H2,1-2H3,(H,26,28). The van der Waals surface area contributed by atoms with Crippen LogP contribution < -0.4 is 5.32 Å². The highest BCUT2D eigenvalue weighted by Gasteiger charge is 2.16. The molecule has 0 saturated heterocycles. The maximum Gasteiger partial charge on any atom is 0.251 e. The van der Waals surface area contributed by atoms with Crippen molar-refractivity contribution in [2.45, 2.75) is 20.5 Å². The van der Waals surface area contributed by atoms with E-state index in [1.807, 2.05) is 91.2 Å². The first-order valence-electron chi connectivity index (χ1n) is 9.57. The van der Waals surface area contributed by atoms with Crippen molar-refractivity contribution in [3.63, 3.8) is 0 Å². The highest BCUT2D eigenvalue weighted by Crippen LogP contribution is 2.29. The fourth-order valence-electron chi connectivity index (χ4n) is 3.19. The number of nitrogens with zero attached hydrogens (tertiary/aromatic N) is 2. The number of carbonyl (C=O) groups excluding carboxylic acids is 1. The molecular formula is C24H23N3O2. The number of aromatic nitrogens is 2. The van der Waals surface area contributed by atoms with E-state index in [4.69, 9.17) is 9.72 Å². The van der Waals surface area contributed by atoms with E-state index in [2.05, 4.69) is 5.32 Å². The largest absolute Gasteiger partial charge is 0.367 e. The van der Waals surface area contributed by atoms with E-state index in [-0.39, 0.29) is 12.5 Å². The maximum absolute atomic E-state index is 12.6. The van der Waals surface area contributed by atoms with Gasteiger partial charge in [-0.25, -0.2) is 4.98 Å². The lowest BCUT2D eigenvalue weighted by atomic mass is 10.1. The van der Waals surface area contributed by atoms with Gasteiger partial charge in [-0.1, -0.05) is 66.2 Å². The number of rotatable bonds is 6. The summed E-state index contributed by atoms with van der Waals surface area (Å²) in [5, 5.41) is 3.00. The van der Waals surface area contributed by atoms with Crippen molar-refractivity contribution < 1.29 is 9.53 Å². The molecule has 1 N–H and O–H groups in total. The summed E-state index contributed by atoms with van der Waals surface area (Å²) < 4.78 is 7.50. The highest BCUT2D eigenvalue weighted by molar-refractivity contribution is 5.95. The average Bonchev–Trinajstić information content (AvgIpc) is 3.07. The van der Waals surface area contributed by atoms with Gasteiger partial charge in [0.2, 0.25) is 0 Å². The molecule has 2 aromatic carbocycles. The third kappa shape index (κ3) is 4.36. The Bertz CT molecular complexity index is 1130. The van der Waals surface area contributed by atoms with Crippen LogP contribution in [0.3, 0.4) is 0 Å². The molecular weight excluding hydrogens is 362 g/mol. The lowest BCUT2D eigenvalue weighted by Gasteiger charge is -2.09. The fourth-order valence-corrected chi connectivity index (χ4v) is 3.19. The van der Waals surface area contributed by atoms with Crippen molar-refractivity contribution >= 4 is 17.4 Å². The molecule has 5 nitrogen and oxygen atoms in total. The van der Waals surface area contributed by atoms with Crippen LogP contribution in [0.5, 0.6) is 0 Å². The summed E-state index contributed by atoms with van der Waals surface area (Å²) >= 11 is 0. The summed E-state index contributed by atoms with van der Waals surface area (Å²) in [6.45, 7) is 4.43. The zero-order valence-electron chi connectivity index (χ0n) is 16.6. The summed E-state index contributed by atoms with van der Waals surface area (Å²) in [5.41, 5.74) is 5.77. The number of amides is 1. The normalized spacial score (nSPS) is 11.0. The van der Waals surface area contributed by atoms with Gasteiger partial charge >= 0.3 is 0 Å². The minimum absolute atomic E-state index is 0.0265. The molecule has 1 amide bonds. The van der Waals surface area contributed by atoms with Gasteiger partial charge in [0.1, 0.15) is 23.8 Å². The molecule has 146 valence electrons. The first kappa shape index (κ1) is 18.9. The zero-order valence-corrected chi connectivity index (χ0v) is 16.6. The Morgan fingerprint density at radius 3 is 2.45 bits per heavy atom. The summed E-state index contributed by atoms with van der Waals surface area (Å²) in [4.78, 5) is 17.3. The van der Waals surface area contributed by atoms with E-state index in [9.17, 15) is 4.79 Å². The number of carbonyl (C=O) groups is 1. The Hall–Kier alpha value is -3.44. The van der Waals surface area contributed by atoms with E-state index in [0.29, 0.717) is 12.4 Å². The Morgan fingerprint density at radius 2 is 1.69 bits per heavy atom. The van der Waals surface area contributed by atoms with Gasteiger partial charge < -0.3 is 10.1 Å². The van der Waals surface area contributed by atoms with E-state index in [1.165, 1.54) is 5.56 Å². The Kier molecular flexibility index (Phi) is 5.40. The Balaban J connectivity index is 1.57. The van der Waals surface area contributed by atoms with Crippen molar-refractivity contribution in [2.24, 2.45) is 0 Å². The van der Waals surface area contributed by atoms with Gasteiger partial charge in [0.05, 0.1) is 6.61 Å². The molecule has 0 aliphatic carbocycles. The number of benzene rings is 2. The zero-order chi connectivity index (χ0) is 20.2. The molecule has 0 spiro atoms. The number of pyridine rings is 1. The Morgan fingerprint density at radius 1 is 0.966 bits per heavy atom. The van der Waals surface area contributed by atoms with Gasteiger partial charge in [-0.2, -0.15) is 0 Å². The summed E-state index contributed by atoms with van der Waals surface area (Å²) in [6.07, 6.45) is 1.97. The molecule has 0 unspecified atom stereocenters. The number of fused-ring (bicyclic) bond motifs is 1. The number of aryl methyl sites for hydroxylation is 2. The van der Waals surface area contributed by atoms with E-state index < -0.39 is 0 Å². The van der Waals surface area contributed by atoms with Crippen LogP contribution in [0.25, 0.3) is 16.9 Å². The predicted molar refractivity (Wildman–Crippen MR) is 115 cm³/mol. The third-order valence-corrected chi connectivity index (χ3v) is 4.69. The molecule has 0 fully saturated rings. The van der Waals surface area contributed by atoms with Crippen molar-refractivity contribution in [3.05, 3.63) is 89.6 Å². The summed E-state index contributed by atoms with van der Waals surface area (Å²) in [6, 6.07) is 21.9. The molecule has 4 rings (SSSR count). The van der Waals surface area contributed by atoms with Gasteiger partial charge in [0, 0.05) is 11.8 Å². The number of hydrogen-bond acceptors (Lipinski definition) is 3. The minimum atomic E-state index is -0.211. The molecule has 2 aromatic heterocycles. The molecule has 0 bridgehead atoms. The summed E-state index contributed by atoms with van der Waals surface area (Å²) in [5.74, 6) is 0.443. The van der Waals surface area contributed by atoms with Crippen molar-refractivity contribution in [1.82, 2.24) is 9.38 Å². The molecule has 0 aliphatic rings. The number of ether oxygens (including phenoxy) is 1. The predicted octanol–water partition coefficient (Wildman–Crippen LogP) is 4.77. The second-order valence-corrected chi connectivity index (χ2v) is 7.14. The lowest BCUT2D eigenvalue weighted by molar-refractivity contribution is -0.121. The summed E-state index contributed by atoms with van der Waals surface area (Å²) in [7, 11) is 0. The van der Waals surface area contributed by atoms with Crippen LogP contribution in [0, 0.1) is 13.8 Å². The van der Waals surface area contributed by atoms with Crippen LogP contribution in [0.2, 0.25) is 0 Å². The molecule has 0 saturated carbocycles. The molecule has 4 aromatic rings. The van der Waals surface area contributed by atoms with Crippen molar-refractivity contribution in [1.29, 1.82) is 0 Å². The van der Waals surface area contributed by atoms with Gasteiger partial charge in [-0.05, 0) is 31.0 Å². The first-order chi connectivity index (χ1) is 14.1. The maximum atomic E-state index is 12.6. The quantitative estimate of drug-likeness (QED) is 0.520. The number of anilines is 1. The van der Waals surface area contributed by atoms with E-state index >= 15 is 0 Å². The molecule has 29 heavy (non-hydrogen) atoms. The van der Waals surface area contributed by atoms with Gasteiger partial charge in [-0.3, -0.25) is 9.20 Å². The molecule has 2 heterocycles. The van der Waals surface area contributed by atoms with Crippen LogP contribution in [0.1, 0.15) is 16.7 Å².